The van der Waals surface area contributed by atoms with Crippen LogP contribution in [-0.4, -0.2) is 41.5 Å². The number of likely N-dealkylation sites (N-methyl/N-ethyl adjacent to an activating group) is 1. The fraction of sp³-hybridized carbons (Fsp3) is 0.400. The average Bonchev–Trinajstić information content (AvgIpc) is 2.15. The van der Waals surface area contributed by atoms with Crippen LogP contribution >= 0.6 is 0 Å². The predicted molar refractivity (Wildman–Crippen MR) is 58.3 cm³/mol. The van der Waals surface area contributed by atoms with Crippen LogP contribution in [0, 0.1) is 0 Å². The third-order valence-electron chi connectivity index (χ3n) is 2.80. The van der Waals surface area contributed by atoms with Gasteiger partial charge < -0.3 is 4.55 Å². The quantitative estimate of drug-likeness (QED) is 0.521. The molecule has 1 rings (SSSR count). The molecule has 0 radical (unpaired) electrons. The fourth-order valence-electron chi connectivity index (χ4n) is 1.89. The van der Waals surface area contributed by atoms with Gasteiger partial charge in [0, 0.05) is 19.9 Å². The average molecular weight is 259 g/mol. The van der Waals surface area contributed by atoms with Crippen LogP contribution in [0.15, 0.2) is 23.9 Å². The highest BCUT2D eigenvalue weighted by molar-refractivity contribution is 7.80. The van der Waals surface area contributed by atoms with Crippen LogP contribution in [0.5, 0.6) is 0 Å². The molecule has 2 unspecified atom stereocenters. The minimum atomic E-state index is -4.89. The number of hydrogen-bond acceptors (Lipinski definition) is 5. The Hall–Kier alpha value is -1.31. The van der Waals surface area contributed by atoms with Crippen molar-refractivity contribution in [3.63, 3.8) is 0 Å². The first kappa shape index (κ1) is 13.8. The Kier molecular flexibility index (Phi) is 3.37. The first-order valence-electron chi connectivity index (χ1n) is 4.85. The van der Waals surface area contributed by atoms with E-state index in [4.69, 9.17) is 0 Å². The second-order valence-electron chi connectivity index (χ2n) is 3.97. The Morgan fingerprint density at radius 2 is 1.88 bits per heavy atom. The van der Waals surface area contributed by atoms with Gasteiger partial charge in [-0.05, 0) is 6.08 Å². The number of hydrogen-bond donors (Lipinski definition) is 0. The highest BCUT2D eigenvalue weighted by Crippen LogP contribution is 2.30. The summed E-state index contributed by atoms with van der Waals surface area (Å²) >= 11 is 0. The van der Waals surface area contributed by atoms with Gasteiger partial charge in [0.15, 0.2) is 17.5 Å². The normalized spacial score (nSPS) is 28.7. The van der Waals surface area contributed by atoms with Crippen molar-refractivity contribution in [3.05, 3.63) is 23.9 Å². The van der Waals surface area contributed by atoms with Crippen LogP contribution in [-0.2, 0) is 19.9 Å². The van der Waals surface area contributed by atoms with E-state index < -0.39 is 31.8 Å². The topological polar surface area (TPSA) is 91.3 Å². The number of ketones is 2. The molecule has 0 aromatic heterocycles. The van der Waals surface area contributed by atoms with Crippen LogP contribution in [0.3, 0.4) is 0 Å². The van der Waals surface area contributed by atoms with Gasteiger partial charge in [0.05, 0.1) is 7.05 Å². The molecular weight excluding hydrogens is 246 g/mol. The summed E-state index contributed by atoms with van der Waals surface area (Å²) in [6, 6.07) is -1.18. The molecule has 0 saturated heterocycles. The molecule has 0 aliphatic carbocycles. The van der Waals surface area contributed by atoms with Crippen LogP contribution in [0.25, 0.3) is 0 Å². The van der Waals surface area contributed by atoms with E-state index in [0.717, 1.165) is 14.0 Å². The van der Waals surface area contributed by atoms with Crippen LogP contribution in [0.1, 0.15) is 13.8 Å². The van der Waals surface area contributed by atoms with E-state index in [9.17, 15) is 22.6 Å². The molecule has 6 nitrogen and oxygen atoms in total. The van der Waals surface area contributed by atoms with E-state index in [1.807, 2.05) is 0 Å². The Balaban J connectivity index is 3.55. The van der Waals surface area contributed by atoms with Gasteiger partial charge in [-0.2, -0.15) is 12.3 Å². The van der Waals surface area contributed by atoms with Gasteiger partial charge in [0.25, 0.3) is 10.3 Å². The van der Waals surface area contributed by atoms with Gasteiger partial charge in [-0.3, -0.25) is 9.59 Å². The largest absolute Gasteiger partial charge is 0.701 e. The van der Waals surface area contributed by atoms with Gasteiger partial charge in [-0.25, -0.2) is 0 Å². The van der Waals surface area contributed by atoms with Crippen molar-refractivity contribution in [3.8, 4) is 0 Å². The standard InChI is InChI=1S/C10H13NO5S/c1-7(12)9-5-4-6-10(8(2)13)11(9,3)17(14,15)16/h4-6,9H,1-3H3. The Bertz CT molecular complexity index is 531. The molecular formula is C10H13NO5S. The lowest BCUT2D eigenvalue weighted by Gasteiger charge is -2.40. The lowest BCUT2D eigenvalue weighted by molar-refractivity contribution is -0.755. The maximum atomic E-state index is 11.4. The molecule has 1 aliphatic rings. The second-order valence-corrected chi connectivity index (χ2v) is 5.58. The van der Waals surface area contributed by atoms with Crippen molar-refractivity contribution in [2.45, 2.75) is 19.9 Å². The number of quaternary nitrogens is 1. The van der Waals surface area contributed by atoms with E-state index in [-0.39, 0.29) is 5.70 Å². The number of nitrogens with zero attached hydrogens (tertiary/aromatic N) is 1. The molecule has 1 aliphatic heterocycles. The molecule has 2 atom stereocenters. The number of Topliss-reactive ketones (excluding diaryl/α,β-unsaturated/α-hetero) is 2. The van der Waals surface area contributed by atoms with Crippen molar-refractivity contribution >= 4 is 21.9 Å². The van der Waals surface area contributed by atoms with Gasteiger partial charge >= 0.3 is 0 Å². The summed E-state index contributed by atoms with van der Waals surface area (Å²) in [4.78, 5) is 22.8. The summed E-state index contributed by atoms with van der Waals surface area (Å²) in [5.74, 6) is -1.04. The minimum Gasteiger partial charge on any atom is -0.701 e. The zero-order valence-corrected chi connectivity index (χ0v) is 10.5. The predicted octanol–water partition coefficient (Wildman–Crippen LogP) is -0.106. The van der Waals surface area contributed by atoms with Gasteiger partial charge in [0.1, 0.15) is 0 Å². The highest BCUT2D eigenvalue weighted by atomic mass is 32.2. The van der Waals surface area contributed by atoms with E-state index in [1.165, 1.54) is 25.2 Å². The maximum Gasteiger partial charge on any atom is 0.260 e. The second kappa shape index (κ2) is 4.17. The molecule has 0 fully saturated rings. The Morgan fingerprint density at radius 1 is 1.35 bits per heavy atom. The summed E-state index contributed by atoms with van der Waals surface area (Å²) in [6.45, 7) is 2.34. The summed E-state index contributed by atoms with van der Waals surface area (Å²) in [5.41, 5.74) is -0.206. The SMILES string of the molecule is CC(=O)C1=CC=CC(C(C)=O)[N+]1(C)S(=O)(=O)[O-]. The number of carbonyl (C=O) groups excluding carboxylic acids is 2. The van der Waals surface area contributed by atoms with Crippen molar-refractivity contribution in [2.75, 3.05) is 7.05 Å². The van der Waals surface area contributed by atoms with Gasteiger partial charge in [-0.1, -0.05) is 6.08 Å². The zero-order valence-electron chi connectivity index (χ0n) is 9.71. The van der Waals surface area contributed by atoms with E-state index in [0.29, 0.717) is 0 Å². The summed E-state index contributed by atoms with van der Waals surface area (Å²) in [6.07, 6.45) is 3.97. The summed E-state index contributed by atoms with van der Waals surface area (Å²) in [5, 5.41) is 0. The molecule has 0 aromatic carbocycles. The smallest absolute Gasteiger partial charge is 0.260 e. The van der Waals surface area contributed by atoms with Crippen LogP contribution in [0.4, 0.5) is 0 Å². The van der Waals surface area contributed by atoms with Gasteiger partial charge in [-0.15, -0.1) is 0 Å². The molecule has 7 heteroatoms. The number of allylic oxidation sites excluding steroid dienone is 3. The molecule has 0 bridgehead atoms. The van der Waals surface area contributed by atoms with E-state index in [2.05, 4.69) is 0 Å². The first-order chi connectivity index (χ1) is 7.62. The molecule has 17 heavy (non-hydrogen) atoms. The fourth-order valence-corrected chi connectivity index (χ4v) is 2.81. The molecule has 0 saturated carbocycles. The number of rotatable bonds is 3. The van der Waals surface area contributed by atoms with Crippen molar-refractivity contribution in [1.82, 2.24) is 0 Å². The first-order valence-corrected chi connectivity index (χ1v) is 6.21. The van der Waals surface area contributed by atoms with Gasteiger partial charge in [0.2, 0.25) is 5.78 Å². The molecule has 94 valence electrons. The van der Waals surface area contributed by atoms with Crippen LogP contribution in [0.2, 0.25) is 0 Å². The molecule has 0 amide bonds. The minimum absolute atomic E-state index is 0.206. The van der Waals surface area contributed by atoms with E-state index in [1.54, 1.807) is 0 Å². The maximum absolute atomic E-state index is 11.4. The Labute approximate surface area is 99.7 Å². The highest BCUT2D eigenvalue weighted by Gasteiger charge is 2.47. The number of carbonyl (C=O) groups is 2. The third-order valence-corrected chi connectivity index (χ3v) is 4.15. The molecule has 0 N–H and O–H groups in total. The van der Waals surface area contributed by atoms with E-state index >= 15 is 0 Å². The van der Waals surface area contributed by atoms with Crippen molar-refractivity contribution in [1.29, 1.82) is 0 Å². The Morgan fingerprint density at radius 3 is 2.24 bits per heavy atom. The summed E-state index contributed by atoms with van der Waals surface area (Å²) < 4.78 is 32.9. The lowest BCUT2D eigenvalue weighted by Crippen LogP contribution is -2.59. The molecule has 0 spiro atoms. The van der Waals surface area contributed by atoms with Crippen LogP contribution < -0.4 is 0 Å². The summed E-state index contributed by atoms with van der Waals surface area (Å²) in [7, 11) is -3.83. The lowest BCUT2D eigenvalue weighted by atomic mass is 10.1. The van der Waals surface area contributed by atoms with Crippen molar-refractivity contribution in [2.24, 2.45) is 0 Å². The molecule has 1 heterocycles. The zero-order chi connectivity index (χ0) is 13.4. The third kappa shape index (κ3) is 2.08. The molecule has 0 aromatic rings. The van der Waals surface area contributed by atoms with Crippen molar-refractivity contribution < 1.29 is 26.4 Å². The monoisotopic (exact) mass is 259 g/mol.